The lowest BCUT2D eigenvalue weighted by molar-refractivity contribution is 0.0663. The first-order chi connectivity index (χ1) is 9.32. The average molecular weight is 274 g/mol. The van der Waals surface area contributed by atoms with E-state index >= 15 is 0 Å². The lowest BCUT2D eigenvalue weighted by Crippen LogP contribution is -2.03. The molecule has 0 atom stereocenters. The molecule has 0 saturated heterocycles. The molecule has 2 aromatic rings. The van der Waals surface area contributed by atoms with E-state index in [1.54, 1.807) is 0 Å². The van der Waals surface area contributed by atoms with Crippen LogP contribution in [-0.4, -0.2) is 11.1 Å². The number of benzene rings is 1. The van der Waals surface area contributed by atoms with Crippen LogP contribution in [0, 0.1) is 12.8 Å². The first-order valence-corrected chi connectivity index (χ1v) is 7.11. The highest BCUT2D eigenvalue weighted by atomic mass is 16.4. The van der Waals surface area contributed by atoms with Gasteiger partial charge in [-0.15, -0.1) is 0 Å². The standard InChI is InChI=1S/C17H22O3/c1-9(2)8-13-14-12(10(3)4)7-6-11(5)15(14)20-16(13)17(18)19/h6-7,9-10H,8H2,1-5H3,(H,18,19). The van der Waals surface area contributed by atoms with Gasteiger partial charge in [0.1, 0.15) is 5.58 Å². The van der Waals surface area contributed by atoms with Crippen molar-refractivity contribution in [3.05, 3.63) is 34.6 Å². The molecule has 0 unspecified atom stereocenters. The zero-order chi connectivity index (χ0) is 15.0. The molecule has 1 aromatic carbocycles. The molecule has 108 valence electrons. The third-order valence-corrected chi connectivity index (χ3v) is 3.60. The summed E-state index contributed by atoms with van der Waals surface area (Å²) in [6, 6.07) is 4.10. The first-order valence-electron chi connectivity index (χ1n) is 7.11. The zero-order valence-electron chi connectivity index (χ0n) is 12.8. The van der Waals surface area contributed by atoms with Crippen molar-refractivity contribution in [2.75, 3.05) is 0 Å². The third-order valence-electron chi connectivity index (χ3n) is 3.60. The quantitative estimate of drug-likeness (QED) is 0.874. The lowest BCUT2D eigenvalue weighted by Gasteiger charge is -2.11. The van der Waals surface area contributed by atoms with E-state index in [0.717, 1.165) is 34.1 Å². The van der Waals surface area contributed by atoms with E-state index in [2.05, 4.69) is 33.8 Å². The van der Waals surface area contributed by atoms with Crippen molar-refractivity contribution < 1.29 is 14.3 Å². The van der Waals surface area contributed by atoms with Gasteiger partial charge in [-0.25, -0.2) is 4.79 Å². The molecule has 3 heteroatoms. The summed E-state index contributed by atoms with van der Waals surface area (Å²) < 4.78 is 5.68. The number of hydrogen-bond donors (Lipinski definition) is 1. The van der Waals surface area contributed by atoms with E-state index in [4.69, 9.17) is 4.42 Å². The highest BCUT2D eigenvalue weighted by Crippen LogP contribution is 2.36. The van der Waals surface area contributed by atoms with Crippen molar-refractivity contribution in [1.82, 2.24) is 0 Å². The van der Waals surface area contributed by atoms with Gasteiger partial charge in [0.05, 0.1) is 0 Å². The molecule has 0 amide bonds. The third kappa shape index (κ3) is 2.45. The Morgan fingerprint density at radius 2 is 1.90 bits per heavy atom. The Hall–Kier alpha value is -1.77. The van der Waals surface area contributed by atoms with Gasteiger partial charge in [0.2, 0.25) is 5.76 Å². The van der Waals surface area contributed by atoms with E-state index in [9.17, 15) is 9.90 Å². The van der Waals surface area contributed by atoms with Gasteiger partial charge in [-0.05, 0) is 36.3 Å². The van der Waals surface area contributed by atoms with Crippen LogP contribution in [0.3, 0.4) is 0 Å². The molecule has 0 spiro atoms. The Morgan fingerprint density at radius 3 is 2.40 bits per heavy atom. The van der Waals surface area contributed by atoms with Crippen molar-refractivity contribution in [1.29, 1.82) is 0 Å². The van der Waals surface area contributed by atoms with Crippen LogP contribution in [0.4, 0.5) is 0 Å². The summed E-state index contributed by atoms with van der Waals surface area (Å²) in [5, 5.41) is 10.4. The van der Waals surface area contributed by atoms with Crippen LogP contribution in [0.25, 0.3) is 11.0 Å². The van der Waals surface area contributed by atoms with Crippen LogP contribution in [0.1, 0.15) is 60.9 Å². The Kier molecular flexibility index (Phi) is 3.89. The Morgan fingerprint density at radius 1 is 1.25 bits per heavy atom. The summed E-state index contributed by atoms with van der Waals surface area (Å²) in [5.74, 6) is -0.159. The number of hydrogen-bond acceptors (Lipinski definition) is 2. The molecule has 0 aliphatic heterocycles. The molecule has 1 N–H and O–H groups in total. The summed E-state index contributed by atoms with van der Waals surface area (Å²) in [7, 11) is 0. The summed E-state index contributed by atoms with van der Waals surface area (Å²) in [5.41, 5.74) is 3.72. The lowest BCUT2D eigenvalue weighted by atomic mass is 9.91. The van der Waals surface area contributed by atoms with Gasteiger partial charge in [0.25, 0.3) is 0 Å². The number of rotatable bonds is 4. The fourth-order valence-corrected chi connectivity index (χ4v) is 2.68. The normalized spacial score (nSPS) is 11.8. The average Bonchev–Trinajstić information content (AvgIpc) is 2.69. The summed E-state index contributed by atoms with van der Waals surface area (Å²) in [6.07, 6.45) is 0.720. The monoisotopic (exact) mass is 274 g/mol. The molecule has 0 saturated carbocycles. The molecule has 2 rings (SSSR count). The van der Waals surface area contributed by atoms with Crippen LogP contribution in [0.15, 0.2) is 16.5 Å². The van der Waals surface area contributed by atoms with E-state index in [1.807, 2.05) is 13.0 Å². The Labute approximate surface area is 119 Å². The first kappa shape index (κ1) is 14.6. The molecule has 0 aliphatic rings. The molecule has 20 heavy (non-hydrogen) atoms. The van der Waals surface area contributed by atoms with E-state index in [-0.39, 0.29) is 5.76 Å². The second-order valence-corrected chi connectivity index (χ2v) is 6.14. The fourth-order valence-electron chi connectivity index (χ4n) is 2.68. The van der Waals surface area contributed by atoms with Crippen LogP contribution >= 0.6 is 0 Å². The van der Waals surface area contributed by atoms with Gasteiger partial charge < -0.3 is 9.52 Å². The van der Waals surface area contributed by atoms with Crippen molar-refractivity contribution in [2.45, 2.75) is 47.0 Å². The van der Waals surface area contributed by atoms with Crippen LogP contribution in [0.2, 0.25) is 0 Å². The molecule has 1 aromatic heterocycles. The minimum atomic E-state index is -0.981. The number of carboxylic acid groups (broad SMARTS) is 1. The Bertz CT molecular complexity index is 648. The van der Waals surface area contributed by atoms with Crippen molar-refractivity contribution in [3.63, 3.8) is 0 Å². The SMILES string of the molecule is Cc1ccc(C(C)C)c2c(CC(C)C)c(C(=O)O)oc12. The smallest absolute Gasteiger partial charge is 0.372 e. The molecule has 0 aliphatic carbocycles. The summed E-state index contributed by atoms with van der Waals surface area (Å²) in [4.78, 5) is 11.5. The highest BCUT2D eigenvalue weighted by molar-refractivity contribution is 5.97. The second-order valence-electron chi connectivity index (χ2n) is 6.14. The molecule has 1 heterocycles. The minimum Gasteiger partial charge on any atom is -0.475 e. The maximum absolute atomic E-state index is 11.5. The number of fused-ring (bicyclic) bond motifs is 1. The minimum absolute atomic E-state index is 0.102. The summed E-state index contributed by atoms with van der Waals surface area (Å²) in [6.45, 7) is 10.4. The number of carboxylic acids is 1. The number of aromatic carboxylic acids is 1. The number of carbonyl (C=O) groups is 1. The molecular formula is C17H22O3. The van der Waals surface area contributed by atoms with Crippen molar-refractivity contribution >= 4 is 16.9 Å². The van der Waals surface area contributed by atoms with E-state index in [1.165, 1.54) is 0 Å². The van der Waals surface area contributed by atoms with Gasteiger partial charge in [-0.3, -0.25) is 0 Å². The van der Waals surface area contributed by atoms with Gasteiger partial charge >= 0.3 is 5.97 Å². The molecule has 3 nitrogen and oxygen atoms in total. The maximum atomic E-state index is 11.5. The highest BCUT2D eigenvalue weighted by Gasteiger charge is 2.24. The van der Waals surface area contributed by atoms with Crippen molar-refractivity contribution in [2.24, 2.45) is 5.92 Å². The second kappa shape index (κ2) is 5.31. The molecule has 0 bridgehead atoms. The van der Waals surface area contributed by atoms with Gasteiger partial charge in [-0.1, -0.05) is 39.8 Å². The number of furan rings is 1. The van der Waals surface area contributed by atoms with Gasteiger partial charge in [0.15, 0.2) is 0 Å². The van der Waals surface area contributed by atoms with Gasteiger partial charge in [0, 0.05) is 10.9 Å². The predicted octanol–water partition coefficient (Wildman–Crippen LogP) is 4.76. The van der Waals surface area contributed by atoms with Crippen LogP contribution in [-0.2, 0) is 6.42 Å². The Balaban J connectivity index is 2.85. The largest absolute Gasteiger partial charge is 0.475 e. The van der Waals surface area contributed by atoms with Gasteiger partial charge in [-0.2, -0.15) is 0 Å². The fraction of sp³-hybridized carbons (Fsp3) is 0.471. The molecular weight excluding hydrogens is 252 g/mol. The number of aryl methyl sites for hydroxylation is 1. The van der Waals surface area contributed by atoms with E-state index < -0.39 is 5.97 Å². The van der Waals surface area contributed by atoms with Crippen LogP contribution < -0.4 is 0 Å². The predicted molar refractivity (Wildman–Crippen MR) is 80.5 cm³/mol. The topological polar surface area (TPSA) is 50.4 Å². The summed E-state index contributed by atoms with van der Waals surface area (Å²) >= 11 is 0. The zero-order valence-corrected chi connectivity index (χ0v) is 12.8. The maximum Gasteiger partial charge on any atom is 0.372 e. The molecule has 0 fully saturated rings. The van der Waals surface area contributed by atoms with Crippen LogP contribution in [0.5, 0.6) is 0 Å². The van der Waals surface area contributed by atoms with Crippen molar-refractivity contribution in [3.8, 4) is 0 Å². The molecule has 0 radical (unpaired) electrons. The van der Waals surface area contributed by atoms with E-state index in [0.29, 0.717) is 11.8 Å².